The van der Waals surface area contributed by atoms with Crippen LogP contribution in [-0.4, -0.2) is 3.21 Å². The Balaban J connectivity index is 0.00000185. The molecule has 0 bridgehead atoms. The third kappa shape index (κ3) is 5.90. The molecule has 1 aromatic heterocycles. The van der Waals surface area contributed by atoms with Crippen LogP contribution in [0.5, 0.6) is 0 Å². The molecule has 3 aromatic rings. The normalized spacial score (nSPS) is 16.4. The van der Waals surface area contributed by atoms with E-state index in [4.69, 9.17) is 0 Å². The molecule has 4 heteroatoms. The zero-order valence-corrected chi connectivity index (χ0v) is 29.9. The molecule has 2 aromatic carbocycles. The van der Waals surface area contributed by atoms with Crippen LogP contribution in [-0.2, 0) is 38.5 Å². The monoisotopic (exact) mass is 668 g/mol. The summed E-state index contributed by atoms with van der Waals surface area (Å²) in [6.07, 6.45) is 14.1. The molecule has 0 aliphatic heterocycles. The van der Waals surface area contributed by atoms with Gasteiger partial charge in [0.1, 0.15) is 0 Å². The molecule has 3 aliphatic carbocycles. The number of hydrogen-bond acceptors (Lipinski definition) is 1. The summed E-state index contributed by atoms with van der Waals surface area (Å²) in [6.45, 7) is 14.4. The number of allylic oxidation sites excluding steroid dienone is 4. The van der Waals surface area contributed by atoms with E-state index >= 15 is 0 Å². The van der Waals surface area contributed by atoms with E-state index < -0.39 is 21.3 Å². The molecule has 1 saturated carbocycles. The second-order valence-corrected chi connectivity index (χ2v) is 20.7. The van der Waals surface area contributed by atoms with Gasteiger partial charge < -0.3 is 0 Å². The van der Waals surface area contributed by atoms with Crippen LogP contribution in [0.1, 0.15) is 108 Å². The van der Waals surface area contributed by atoms with E-state index in [1.54, 1.807) is 22.3 Å². The first-order valence-corrected chi connectivity index (χ1v) is 19.2. The van der Waals surface area contributed by atoms with Crippen molar-refractivity contribution < 1.29 is 21.3 Å². The molecule has 40 heavy (non-hydrogen) atoms. The van der Waals surface area contributed by atoms with E-state index in [2.05, 4.69) is 101 Å². The Labute approximate surface area is 266 Å². The fraction of sp³-hybridized carbons (Fsp3) is 0.417. The van der Waals surface area contributed by atoms with Crippen molar-refractivity contribution in [3.8, 4) is 11.1 Å². The summed E-state index contributed by atoms with van der Waals surface area (Å²) in [5, 5.41) is 4.63. The Morgan fingerprint density at radius 1 is 0.800 bits per heavy atom. The summed E-state index contributed by atoms with van der Waals surface area (Å²) < 4.78 is 5.66. The van der Waals surface area contributed by atoms with Crippen LogP contribution in [0, 0.1) is 0 Å². The standard InChI is InChI=1S/C21H25.C9H7S.C6H10.2ClH.Zr/c1-20(2,3)16-7-9-18-14(12-16)11-15-13-17(21(4,5)6)8-10-19(15)18;1-2-4-8(3-1)9-5-6-10-7-9;1-2-4-6-5-3-1;;;/h7-10,12H,11H2,1-6H3;1,3,5-7H,2H2;1-5H2;2*1H;. The Bertz CT molecular complexity index is 1480. The Hall–Kier alpha value is -1.05. The van der Waals surface area contributed by atoms with Crippen LogP contribution in [0.4, 0.5) is 0 Å². The van der Waals surface area contributed by atoms with Crippen LogP contribution in [0.2, 0.25) is 0 Å². The van der Waals surface area contributed by atoms with Gasteiger partial charge in [-0.1, -0.05) is 0 Å². The van der Waals surface area contributed by atoms with Crippen LogP contribution in [0.15, 0.2) is 62.6 Å². The largest absolute Gasteiger partial charge is 0.147 e. The molecule has 0 spiro atoms. The van der Waals surface area contributed by atoms with E-state index in [1.807, 2.05) is 21.1 Å². The third-order valence-electron chi connectivity index (χ3n) is 8.88. The van der Waals surface area contributed by atoms with Crippen molar-refractivity contribution in [3.63, 3.8) is 0 Å². The van der Waals surface area contributed by atoms with Gasteiger partial charge in [0, 0.05) is 0 Å². The molecular weight excluding hydrogens is 627 g/mol. The van der Waals surface area contributed by atoms with Gasteiger partial charge in [-0.05, 0) is 0 Å². The molecular formula is C36H44Cl2SZr. The van der Waals surface area contributed by atoms with Crippen molar-refractivity contribution >= 4 is 48.2 Å². The first-order valence-electron chi connectivity index (χ1n) is 14.6. The average Bonchev–Trinajstić information content (AvgIpc) is 3.63. The summed E-state index contributed by atoms with van der Waals surface area (Å²) >= 11 is -0.529. The van der Waals surface area contributed by atoms with Gasteiger partial charge in [0.2, 0.25) is 0 Å². The van der Waals surface area contributed by atoms with E-state index in [1.165, 1.54) is 54.4 Å². The molecule has 212 valence electrons. The van der Waals surface area contributed by atoms with Crippen LogP contribution in [0.25, 0.3) is 16.7 Å². The minimum atomic E-state index is -2.37. The smallest absolute Gasteiger partial charge is 0.147 e. The molecule has 0 unspecified atom stereocenters. The first kappa shape index (κ1) is 31.9. The van der Waals surface area contributed by atoms with E-state index in [-0.39, 0.29) is 35.6 Å². The van der Waals surface area contributed by atoms with Gasteiger partial charge >= 0.3 is 244 Å². The number of rotatable bonds is 3. The molecule has 1 heterocycles. The SMILES string of the molecule is CC(C)(C)c1ccc2c(c1)Cc1c-2ccc(C(C)(C)C)[c]1[Zr]([C]1=C(c2ccsc2)C=CC1)=[C]1CCCCC1.Cl.Cl. The molecule has 3 aliphatic rings. The van der Waals surface area contributed by atoms with Gasteiger partial charge in [0.15, 0.2) is 0 Å². The molecule has 0 radical (unpaired) electrons. The van der Waals surface area contributed by atoms with Crippen molar-refractivity contribution in [1.29, 1.82) is 0 Å². The molecule has 1 fully saturated rings. The first-order chi connectivity index (χ1) is 18.1. The summed E-state index contributed by atoms with van der Waals surface area (Å²) in [7, 11) is 0. The molecule has 0 nitrogen and oxygen atoms in total. The van der Waals surface area contributed by atoms with Crippen molar-refractivity contribution in [3.05, 3.63) is 90.4 Å². The summed E-state index contributed by atoms with van der Waals surface area (Å²) in [5.41, 5.74) is 12.7. The Morgan fingerprint density at radius 2 is 1.52 bits per heavy atom. The summed E-state index contributed by atoms with van der Waals surface area (Å²) in [4.78, 5) is 0. The van der Waals surface area contributed by atoms with Gasteiger partial charge in [0.25, 0.3) is 0 Å². The number of benzene rings is 2. The maximum Gasteiger partial charge on any atom is -0.147 e. The van der Waals surface area contributed by atoms with Gasteiger partial charge in [-0.25, -0.2) is 0 Å². The zero-order valence-electron chi connectivity index (χ0n) is 24.9. The second kappa shape index (κ2) is 12.3. The topological polar surface area (TPSA) is 0 Å². The fourth-order valence-corrected chi connectivity index (χ4v) is 17.4. The van der Waals surface area contributed by atoms with Crippen LogP contribution >= 0.6 is 36.2 Å². The summed E-state index contributed by atoms with van der Waals surface area (Å²) in [5.74, 6) is 0. The minimum Gasteiger partial charge on any atom is -0.147 e. The Morgan fingerprint density at radius 3 is 2.17 bits per heavy atom. The molecule has 0 saturated heterocycles. The zero-order chi connectivity index (χ0) is 26.7. The van der Waals surface area contributed by atoms with Crippen LogP contribution in [0.3, 0.4) is 0 Å². The molecule has 0 amide bonds. The minimum absolute atomic E-state index is 0. The van der Waals surface area contributed by atoms with Crippen LogP contribution < -0.4 is 3.27 Å². The van der Waals surface area contributed by atoms with Gasteiger partial charge in [0.05, 0.1) is 0 Å². The number of fused-ring (bicyclic) bond motifs is 3. The molecule has 6 rings (SSSR count). The van der Waals surface area contributed by atoms with Crippen molar-refractivity contribution in [1.82, 2.24) is 0 Å². The van der Waals surface area contributed by atoms with Crippen molar-refractivity contribution in [2.45, 2.75) is 97.3 Å². The third-order valence-corrected chi connectivity index (χ3v) is 17.8. The van der Waals surface area contributed by atoms with Gasteiger partial charge in [-0.3, -0.25) is 0 Å². The number of thiophene rings is 1. The second-order valence-electron chi connectivity index (χ2n) is 13.6. The van der Waals surface area contributed by atoms with Gasteiger partial charge in [-0.2, -0.15) is 0 Å². The predicted molar refractivity (Wildman–Crippen MR) is 179 cm³/mol. The van der Waals surface area contributed by atoms with E-state index in [9.17, 15) is 0 Å². The maximum absolute atomic E-state index is 2.54. The Kier molecular flexibility index (Phi) is 9.79. The molecule has 0 atom stereocenters. The maximum atomic E-state index is 2.54. The summed E-state index contributed by atoms with van der Waals surface area (Å²) in [6, 6.07) is 14.7. The van der Waals surface area contributed by atoms with Crippen molar-refractivity contribution in [2.24, 2.45) is 0 Å². The predicted octanol–water partition coefficient (Wildman–Crippen LogP) is 10.5. The number of hydrogen-bond donors (Lipinski definition) is 0. The van der Waals surface area contributed by atoms with Crippen molar-refractivity contribution in [2.75, 3.05) is 0 Å². The quantitative estimate of drug-likeness (QED) is 0.204. The van der Waals surface area contributed by atoms with E-state index in [0.717, 1.165) is 12.8 Å². The fourth-order valence-electron chi connectivity index (χ4n) is 6.85. The van der Waals surface area contributed by atoms with E-state index in [0.29, 0.717) is 0 Å². The average molecular weight is 671 g/mol. The number of halogens is 2. The van der Waals surface area contributed by atoms with Gasteiger partial charge in [-0.15, -0.1) is 24.8 Å². The molecule has 0 N–H and O–H groups in total.